The summed E-state index contributed by atoms with van der Waals surface area (Å²) in [4.78, 5) is 25.4. The van der Waals surface area contributed by atoms with Crippen molar-refractivity contribution in [1.29, 1.82) is 0 Å². The molecule has 1 aliphatic heterocycles. The predicted octanol–water partition coefficient (Wildman–Crippen LogP) is 4.35. The van der Waals surface area contributed by atoms with E-state index in [4.69, 9.17) is 16.3 Å². The second kappa shape index (κ2) is 7.20. The Balaban J connectivity index is 1.70. The van der Waals surface area contributed by atoms with Crippen molar-refractivity contribution in [2.24, 2.45) is 0 Å². The van der Waals surface area contributed by atoms with Gasteiger partial charge < -0.3 is 10.1 Å². The molecule has 2 aromatic rings. The molecule has 138 valence electrons. The van der Waals surface area contributed by atoms with E-state index in [9.17, 15) is 9.59 Å². The van der Waals surface area contributed by atoms with Crippen LogP contribution in [-0.4, -0.2) is 18.8 Å². The van der Waals surface area contributed by atoms with Gasteiger partial charge in [-0.1, -0.05) is 41.9 Å². The summed E-state index contributed by atoms with van der Waals surface area (Å²) in [5.74, 6) is 0.577. The molecule has 1 heterocycles. The number of halogens is 1. The first-order valence-corrected chi connectivity index (χ1v) is 9.39. The van der Waals surface area contributed by atoms with Crippen LogP contribution in [0.3, 0.4) is 0 Å². The molecular weight excluding hydrogens is 362 g/mol. The maximum atomic E-state index is 13.1. The van der Waals surface area contributed by atoms with E-state index in [0.717, 1.165) is 22.6 Å². The van der Waals surface area contributed by atoms with E-state index in [2.05, 4.69) is 5.32 Å². The van der Waals surface area contributed by atoms with Crippen molar-refractivity contribution in [3.63, 3.8) is 0 Å². The lowest BCUT2D eigenvalue weighted by Crippen LogP contribution is -2.38. The number of ketones is 1. The summed E-state index contributed by atoms with van der Waals surface area (Å²) in [7, 11) is 1.63. The van der Waals surface area contributed by atoms with Crippen molar-refractivity contribution in [3.05, 3.63) is 76.0 Å². The smallest absolute Gasteiger partial charge is 0.225 e. The average molecular weight is 382 g/mol. The molecule has 1 N–H and O–H groups in total. The van der Waals surface area contributed by atoms with Gasteiger partial charge in [-0.3, -0.25) is 9.59 Å². The number of carbonyl (C=O) groups is 2. The minimum absolute atomic E-state index is 0.0486. The highest BCUT2D eigenvalue weighted by Gasteiger charge is 2.38. The van der Waals surface area contributed by atoms with Gasteiger partial charge in [-0.05, 0) is 41.7 Å². The van der Waals surface area contributed by atoms with Crippen LogP contribution in [0.1, 0.15) is 42.2 Å². The highest BCUT2D eigenvalue weighted by Crippen LogP contribution is 2.44. The maximum Gasteiger partial charge on any atom is 0.225 e. The zero-order chi connectivity index (χ0) is 19.0. The average Bonchev–Trinajstić information content (AvgIpc) is 2.67. The number of hydrogen-bond acceptors (Lipinski definition) is 3. The summed E-state index contributed by atoms with van der Waals surface area (Å²) < 4.78 is 5.21. The highest BCUT2D eigenvalue weighted by molar-refractivity contribution is 6.31. The summed E-state index contributed by atoms with van der Waals surface area (Å²) in [6, 6.07) is 15.2. The van der Waals surface area contributed by atoms with E-state index in [-0.39, 0.29) is 29.9 Å². The van der Waals surface area contributed by atoms with Crippen molar-refractivity contribution < 1.29 is 14.3 Å². The van der Waals surface area contributed by atoms with Gasteiger partial charge in [0.1, 0.15) is 5.75 Å². The molecule has 0 unspecified atom stereocenters. The zero-order valence-corrected chi connectivity index (χ0v) is 15.8. The molecular formula is C22H20ClNO3. The largest absolute Gasteiger partial charge is 0.497 e. The van der Waals surface area contributed by atoms with Crippen molar-refractivity contribution in [2.45, 2.75) is 31.1 Å². The lowest BCUT2D eigenvalue weighted by atomic mass is 9.73. The molecule has 5 heteroatoms. The minimum atomic E-state index is -0.272. The third-order valence-corrected chi connectivity index (χ3v) is 5.75. The summed E-state index contributed by atoms with van der Waals surface area (Å²) in [5.41, 5.74) is 3.38. The van der Waals surface area contributed by atoms with Gasteiger partial charge in [-0.2, -0.15) is 0 Å². The summed E-state index contributed by atoms with van der Waals surface area (Å²) in [5, 5.41) is 3.53. The van der Waals surface area contributed by atoms with Crippen molar-refractivity contribution in [3.8, 4) is 5.75 Å². The number of ether oxygens (including phenoxy) is 1. The van der Waals surface area contributed by atoms with Gasteiger partial charge in [0, 0.05) is 35.1 Å². The number of rotatable bonds is 3. The first kappa shape index (κ1) is 17.8. The Bertz CT molecular complexity index is 933. The molecule has 0 aromatic heterocycles. The Kier molecular flexibility index (Phi) is 4.75. The molecule has 2 aromatic carbocycles. The van der Waals surface area contributed by atoms with Gasteiger partial charge in [0.05, 0.1) is 7.11 Å². The van der Waals surface area contributed by atoms with E-state index in [0.29, 0.717) is 23.4 Å². The number of nitrogens with one attached hydrogen (secondary N) is 1. The van der Waals surface area contributed by atoms with Crippen molar-refractivity contribution in [1.82, 2.24) is 5.32 Å². The third kappa shape index (κ3) is 3.37. The number of benzene rings is 2. The molecule has 1 aliphatic carbocycles. The summed E-state index contributed by atoms with van der Waals surface area (Å²) in [6.45, 7) is 0. The van der Waals surface area contributed by atoms with E-state index >= 15 is 0 Å². The monoisotopic (exact) mass is 381 g/mol. The van der Waals surface area contributed by atoms with Crippen LogP contribution < -0.4 is 10.1 Å². The fourth-order valence-corrected chi connectivity index (χ4v) is 4.36. The summed E-state index contributed by atoms with van der Waals surface area (Å²) in [6.07, 6.45) is 1.32. The molecule has 4 nitrogen and oxygen atoms in total. The van der Waals surface area contributed by atoms with Gasteiger partial charge >= 0.3 is 0 Å². The van der Waals surface area contributed by atoms with Crippen molar-refractivity contribution >= 4 is 23.3 Å². The lowest BCUT2D eigenvalue weighted by molar-refractivity contribution is -0.122. The van der Waals surface area contributed by atoms with Crippen molar-refractivity contribution in [2.75, 3.05) is 7.11 Å². The molecule has 27 heavy (non-hydrogen) atoms. The Morgan fingerprint density at radius 2 is 1.74 bits per heavy atom. The topological polar surface area (TPSA) is 55.4 Å². The highest BCUT2D eigenvalue weighted by atomic mass is 35.5. The Labute approximate surface area is 163 Å². The van der Waals surface area contributed by atoms with Gasteiger partial charge in [-0.25, -0.2) is 0 Å². The van der Waals surface area contributed by atoms with Crippen LogP contribution in [-0.2, 0) is 9.59 Å². The first-order chi connectivity index (χ1) is 13.1. The van der Waals surface area contributed by atoms with Crippen LogP contribution in [0.5, 0.6) is 5.75 Å². The van der Waals surface area contributed by atoms with Crippen LogP contribution >= 0.6 is 11.6 Å². The van der Waals surface area contributed by atoms with E-state index in [1.807, 2.05) is 42.5 Å². The first-order valence-electron chi connectivity index (χ1n) is 9.01. The van der Waals surface area contributed by atoms with E-state index < -0.39 is 0 Å². The quantitative estimate of drug-likeness (QED) is 0.859. The molecule has 0 fully saturated rings. The molecule has 1 amide bonds. The van der Waals surface area contributed by atoms with E-state index in [1.165, 1.54) is 0 Å². The molecule has 0 bridgehead atoms. The fraction of sp³-hybridized carbons (Fsp3) is 0.273. The summed E-state index contributed by atoms with van der Waals surface area (Å²) >= 11 is 6.36. The second-order valence-corrected chi connectivity index (χ2v) is 7.43. The Hall–Kier alpha value is -2.59. The minimum Gasteiger partial charge on any atom is -0.497 e. The van der Waals surface area contributed by atoms with Crippen LogP contribution in [0.15, 0.2) is 59.8 Å². The SMILES string of the molecule is COc1ccc([C@H]2CC(=O)C3=C(C2)NC(=O)C[C@H]3c2ccccc2Cl)cc1. The Morgan fingerprint density at radius 3 is 2.44 bits per heavy atom. The number of allylic oxidation sites excluding steroid dienone is 2. The normalized spacial score (nSPS) is 22.3. The van der Waals surface area contributed by atoms with Gasteiger partial charge in [0.15, 0.2) is 5.78 Å². The molecule has 0 radical (unpaired) electrons. The Morgan fingerprint density at radius 1 is 1.00 bits per heavy atom. The number of carbonyl (C=O) groups excluding carboxylic acids is 2. The fourth-order valence-electron chi connectivity index (χ4n) is 4.10. The van der Waals surface area contributed by atoms with Crippen LogP contribution in [0.25, 0.3) is 0 Å². The second-order valence-electron chi connectivity index (χ2n) is 7.02. The lowest BCUT2D eigenvalue weighted by Gasteiger charge is -2.34. The molecule has 2 aliphatic rings. The molecule has 0 saturated heterocycles. The van der Waals surface area contributed by atoms with Gasteiger partial charge in [0.25, 0.3) is 0 Å². The number of hydrogen-bond donors (Lipinski definition) is 1. The molecule has 2 atom stereocenters. The van der Waals surface area contributed by atoms with Gasteiger partial charge in [-0.15, -0.1) is 0 Å². The molecule has 0 saturated carbocycles. The van der Waals surface area contributed by atoms with Crippen LogP contribution in [0.4, 0.5) is 0 Å². The standard InChI is InChI=1S/C22H20ClNO3/c1-27-15-8-6-13(7-9-15)14-10-19-22(20(25)11-14)17(12-21(26)24-19)16-4-2-3-5-18(16)23/h2-9,14,17H,10-12H2,1H3,(H,24,26)/t14-,17+/m1/s1. The third-order valence-electron chi connectivity index (χ3n) is 5.40. The van der Waals surface area contributed by atoms with Crippen LogP contribution in [0.2, 0.25) is 5.02 Å². The molecule has 4 rings (SSSR count). The van der Waals surface area contributed by atoms with Crippen LogP contribution in [0, 0.1) is 0 Å². The number of amides is 1. The zero-order valence-electron chi connectivity index (χ0n) is 15.0. The molecule has 0 spiro atoms. The predicted molar refractivity (Wildman–Crippen MR) is 104 cm³/mol. The van der Waals surface area contributed by atoms with E-state index in [1.54, 1.807) is 13.2 Å². The van der Waals surface area contributed by atoms with Gasteiger partial charge in [0.2, 0.25) is 5.91 Å². The number of Topliss-reactive ketones (excluding diaryl/α,β-unsaturated/α-hetero) is 1. The number of methoxy groups -OCH3 is 1. The maximum absolute atomic E-state index is 13.1.